The molecule has 0 aromatic heterocycles. The Hall–Kier alpha value is -0.580. The minimum absolute atomic E-state index is 0.182. The number of benzene rings is 1. The molecule has 1 fully saturated rings. The fourth-order valence-corrected chi connectivity index (χ4v) is 3.20. The number of halogens is 1. The molecule has 0 aliphatic carbocycles. The molecule has 2 unspecified atom stereocenters. The average molecular weight is 313 g/mol. The fourth-order valence-electron chi connectivity index (χ4n) is 2.82. The largest absolute Gasteiger partial charge is 0.496 e. The van der Waals surface area contributed by atoms with Crippen LogP contribution in [0, 0.1) is 0 Å². The van der Waals surface area contributed by atoms with Gasteiger partial charge in [0.2, 0.25) is 0 Å². The summed E-state index contributed by atoms with van der Waals surface area (Å²) in [4.78, 5) is 2.44. The predicted octanol–water partition coefficient (Wildman–Crippen LogP) is 2.94. The summed E-state index contributed by atoms with van der Waals surface area (Å²) in [5.41, 5.74) is 7.53. The van der Waals surface area contributed by atoms with Crippen LogP contribution in [-0.2, 0) is 0 Å². The maximum Gasteiger partial charge on any atom is 0.123 e. The second-order valence-electron chi connectivity index (χ2n) is 4.77. The molecule has 3 nitrogen and oxygen atoms in total. The second-order valence-corrected chi connectivity index (χ2v) is 5.68. The second kappa shape index (κ2) is 6.04. The first-order valence-electron chi connectivity index (χ1n) is 6.50. The third kappa shape index (κ3) is 2.71. The molecule has 2 rings (SSSR count). The van der Waals surface area contributed by atoms with Crippen molar-refractivity contribution in [3.05, 3.63) is 28.2 Å². The summed E-state index contributed by atoms with van der Waals surface area (Å²) >= 11 is 3.54. The lowest BCUT2D eigenvalue weighted by molar-refractivity contribution is 0.133. The quantitative estimate of drug-likeness (QED) is 0.932. The first kappa shape index (κ1) is 13.8. The summed E-state index contributed by atoms with van der Waals surface area (Å²) in [6, 6.07) is 6.59. The number of hydrogen-bond donors (Lipinski definition) is 1. The van der Waals surface area contributed by atoms with Crippen LogP contribution < -0.4 is 10.5 Å². The normalized spacial score (nSPS) is 25.1. The Bertz CT molecular complexity index is 411. The summed E-state index contributed by atoms with van der Waals surface area (Å²) in [5.74, 6) is 0.930. The zero-order valence-corrected chi connectivity index (χ0v) is 12.6. The molecule has 4 heteroatoms. The maximum absolute atomic E-state index is 6.34. The van der Waals surface area contributed by atoms with Crippen molar-refractivity contribution in [2.75, 3.05) is 20.2 Å². The number of methoxy groups -OCH3 is 1. The lowest BCUT2D eigenvalue weighted by Crippen LogP contribution is -2.45. The molecule has 100 valence electrons. The summed E-state index contributed by atoms with van der Waals surface area (Å²) in [5, 5.41) is 0. The zero-order valence-electron chi connectivity index (χ0n) is 11.0. The molecule has 1 aliphatic rings. The van der Waals surface area contributed by atoms with Gasteiger partial charge in [0.25, 0.3) is 0 Å². The summed E-state index contributed by atoms with van der Waals surface area (Å²) in [6.45, 7) is 4.33. The Morgan fingerprint density at radius 1 is 1.50 bits per heavy atom. The molecule has 1 aliphatic heterocycles. The van der Waals surface area contributed by atoms with Crippen LogP contribution in [0.2, 0.25) is 0 Å². The van der Waals surface area contributed by atoms with E-state index in [0.29, 0.717) is 0 Å². The SMILES string of the molecule is CCN1CCCC(N)C1c1cc(Br)ccc1OC. The highest BCUT2D eigenvalue weighted by Crippen LogP contribution is 2.36. The van der Waals surface area contributed by atoms with Crippen LogP contribution in [0.1, 0.15) is 31.4 Å². The Labute approximate surface area is 117 Å². The lowest BCUT2D eigenvalue weighted by atomic mass is 9.90. The van der Waals surface area contributed by atoms with Crippen LogP contribution in [0.4, 0.5) is 0 Å². The fraction of sp³-hybridized carbons (Fsp3) is 0.571. The van der Waals surface area contributed by atoms with Crippen molar-refractivity contribution >= 4 is 15.9 Å². The van der Waals surface area contributed by atoms with Crippen molar-refractivity contribution in [1.29, 1.82) is 0 Å². The van der Waals surface area contributed by atoms with Crippen molar-refractivity contribution < 1.29 is 4.74 Å². The third-order valence-electron chi connectivity index (χ3n) is 3.70. The smallest absolute Gasteiger partial charge is 0.123 e. The maximum atomic E-state index is 6.34. The van der Waals surface area contributed by atoms with Gasteiger partial charge in [-0.3, -0.25) is 4.90 Å². The number of nitrogens with zero attached hydrogens (tertiary/aromatic N) is 1. The lowest BCUT2D eigenvalue weighted by Gasteiger charge is -2.40. The first-order valence-corrected chi connectivity index (χ1v) is 7.29. The number of nitrogens with two attached hydrogens (primary N) is 1. The van der Waals surface area contributed by atoms with Crippen LogP contribution >= 0.6 is 15.9 Å². The molecule has 0 radical (unpaired) electrons. The number of likely N-dealkylation sites (tertiary alicyclic amines) is 1. The van der Waals surface area contributed by atoms with E-state index in [1.54, 1.807) is 7.11 Å². The monoisotopic (exact) mass is 312 g/mol. The van der Waals surface area contributed by atoms with Crippen LogP contribution in [0.15, 0.2) is 22.7 Å². The van der Waals surface area contributed by atoms with Gasteiger partial charge in [-0.15, -0.1) is 0 Å². The standard InChI is InChI=1S/C14H21BrN2O/c1-3-17-8-4-5-12(16)14(17)11-9-10(15)6-7-13(11)18-2/h6-7,9,12,14H,3-5,8,16H2,1-2H3. The van der Waals surface area contributed by atoms with Gasteiger partial charge in [0.15, 0.2) is 0 Å². The van der Waals surface area contributed by atoms with Gasteiger partial charge in [-0.25, -0.2) is 0 Å². The molecule has 2 atom stereocenters. The Balaban J connectivity index is 2.40. The van der Waals surface area contributed by atoms with Crippen LogP contribution in [0.3, 0.4) is 0 Å². The summed E-state index contributed by atoms with van der Waals surface area (Å²) in [6.07, 6.45) is 2.26. The molecule has 1 aromatic rings. The minimum atomic E-state index is 0.182. The van der Waals surface area contributed by atoms with Gasteiger partial charge in [-0.05, 0) is 44.1 Å². The van der Waals surface area contributed by atoms with E-state index >= 15 is 0 Å². The number of hydrogen-bond acceptors (Lipinski definition) is 3. The molecule has 0 amide bonds. The molecule has 18 heavy (non-hydrogen) atoms. The van der Waals surface area contributed by atoms with Gasteiger partial charge in [0, 0.05) is 16.1 Å². The Morgan fingerprint density at radius 2 is 2.28 bits per heavy atom. The highest BCUT2D eigenvalue weighted by atomic mass is 79.9. The van der Waals surface area contributed by atoms with Crippen molar-refractivity contribution in [3.63, 3.8) is 0 Å². The third-order valence-corrected chi connectivity index (χ3v) is 4.19. The Kier molecular flexibility index (Phi) is 4.65. The van der Waals surface area contributed by atoms with Gasteiger partial charge < -0.3 is 10.5 Å². The van der Waals surface area contributed by atoms with Gasteiger partial charge in [0.1, 0.15) is 5.75 Å². The average Bonchev–Trinajstić information content (AvgIpc) is 2.38. The van der Waals surface area contributed by atoms with Crippen LogP contribution in [-0.4, -0.2) is 31.1 Å². The molecule has 1 saturated heterocycles. The number of ether oxygens (including phenoxy) is 1. The molecule has 1 aromatic carbocycles. The number of likely N-dealkylation sites (N-methyl/N-ethyl adjacent to an activating group) is 1. The van der Waals surface area contributed by atoms with E-state index in [-0.39, 0.29) is 12.1 Å². The van der Waals surface area contributed by atoms with Gasteiger partial charge >= 0.3 is 0 Å². The van der Waals surface area contributed by atoms with Gasteiger partial charge in [0.05, 0.1) is 13.2 Å². The first-order chi connectivity index (χ1) is 8.67. The molecule has 0 bridgehead atoms. The van der Waals surface area contributed by atoms with Gasteiger partial charge in [-0.1, -0.05) is 22.9 Å². The van der Waals surface area contributed by atoms with Gasteiger partial charge in [-0.2, -0.15) is 0 Å². The van der Waals surface area contributed by atoms with Crippen molar-refractivity contribution in [3.8, 4) is 5.75 Å². The zero-order chi connectivity index (χ0) is 13.1. The molecule has 0 saturated carbocycles. The van der Waals surface area contributed by atoms with E-state index in [9.17, 15) is 0 Å². The highest BCUT2D eigenvalue weighted by Gasteiger charge is 2.31. The highest BCUT2D eigenvalue weighted by molar-refractivity contribution is 9.10. The topological polar surface area (TPSA) is 38.5 Å². The van der Waals surface area contributed by atoms with E-state index in [1.165, 1.54) is 12.0 Å². The minimum Gasteiger partial charge on any atom is -0.496 e. The van der Waals surface area contributed by atoms with Crippen molar-refractivity contribution in [1.82, 2.24) is 4.90 Å². The summed E-state index contributed by atoms with van der Waals surface area (Å²) in [7, 11) is 1.72. The van der Waals surface area contributed by atoms with Crippen molar-refractivity contribution in [2.45, 2.75) is 31.8 Å². The van der Waals surface area contributed by atoms with Crippen molar-refractivity contribution in [2.24, 2.45) is 5.73 Å². The van der Waals surface area contributed by atoms with Crippen LogP contribution in [0.25, 0.3) is 0 Å². The molecule has 0 spiro atoms. The molecule has 1 heterocycles. The predicted molar refractivity (Wildman–Crippen MR) is 77.9 cm³/mol. The number of rotatable bonds is 3. The van der Waals surface area contributed by atoms with E-state index in [2.05, 4.69) is 33.8 Å². The Morgan fingerprint density at radius 3 is 2.94 bits per heavy atom. The molecular weight excluding hydrogens is 292 g/mol. The van der Waals surface area contributed by atoms with E-state index < -0.39 is 0 Å². The summed E-state index contributed by atoms with van der Waals surface area (Å²) < 4.78 is 6.57. The van der Waals surface area contributed by atoms with E-state index in [4.69, 9.17) is 10.5 Å². The number of piperidine rings is 1. The molecular formula is C14H21BrN2O. The van der Waals surface area contributed by atoms with E-state index in [1.807, 2.05) is 12.1 Å². The molecule has 2 N–H and O–H groups in total. The van der Waals surface area contributed by atoms with E-state index in [0.717, 1.165) is 29.7 Å². The van der Waals surface area contributed by atoms with Crippen LogP contribution in [0.5, 0.6) is 5.75 Å².